The van der Waals surface area contributed by atoms with E-state index in [1.807, 2.05) is 0 Å². The second kappa shape index (κ2) is 3.65. The lowest BCUT2D eigenvalue weighted by Crippen LogP contribution is -2.19. The average Bonchev–Trinajstić information content (AvgIpc) is 2.28. The molecule has 0 fully saturated rings. The van der Waals surface area contributed by atoms with Crippen LogP contribution in [0.1, 0.15) is 29.5 Å². The molecule has 14 heavy (non-hydrogen) atoms. The summed E-state index contributed by atoms with van der Waals surface area (Å²) in [5, 5.41) is 0. The molecule has 1 aromatic heterocycles. The van der Waals surface area contributed by atoms with E-state index in [1.54, 1.807) is 19.9 Å². The first-order valence-electron chi connectivity index (χ1n) is 4.19. The molecule has 0 amide bonds. The Kier molecular flexibility index (Phi) is 2.89. The third kappa shape index (κ3) is 2.77. The smallest absolute Gasteiger partial charge is 0.391 e. The van der Waals surface area contributed by atoms with Crippen molar-refractivity contribution in [3.05, 3.63) is 23.2 Å². The van der Waals surface area contributed by atoms with Gasteiger partial charge in [-0.3, -0.25) is 0 Å². The highest BCUT2D eigenvalue weighted by molar-refractivity contribution is 5.20. The minimum Gasteiger partial charge on any atom is -0.464 e. The molecule has 0 bridgehead atoms. The number of hydrogen-bond donors (Lipinski definition) is 1. The number of aryl methyl sites for hydroxylation is 2. The Labute approximate surface area is 79.9 Å². The minimum atomic E-state index is -4.26. The van der Waals surface area contributed by atoms with E-state index in [0.717, 1.165) is 5.56 Å². The summed E-state index contributed by atoms with van der Waals surface area (Å²) in [6.07, 6.45) is -5.31. The second-order valence-corrected chi connectivity index (χ2v) is 3.31. The number of rotatable bonds is 2. The Balaban J connectivity index is 2.75. The Morgan fingerprint density at radius 2 is 2.00 bits per heavy atom. The van der Waals surface area contributed by atoms with E-state index in [0.29, 0.717) is 5.76 Å². The zero-order valence-corrected chi connectivity index (χ0v) is 7.98. The maximum Gasteiger partial charge on any atom is 0.391 e. The maximum atomic E-state index is 12.0. The van der Waals surface area contributed by atoms with Gasteiger partial charge in [-0.25, -0.2) is 0 Å². The highest BCUT2D eigenvalue weighted by atomic mass is 19.4. The van der Waals surface area contributed by atoms with Gasteiger partial charge in [0.2, 0.25) is 0 Å². The fourth-order valence-electron chi connectivity index (χ4n) is 1.13. The Morgan fingerprint density at radius 1 is 1.43 bits per heavy atom. The summed E-state index contributed by atoms with van der Waals surface area (Å²) in [6.45, 7) is 3.46. The van der Waals surface area contributed by atoms with Crippen molar-refractivity contribution in [2.24, 2.45) is 5.73 Å². The molecule has 1 aromatic rings. The highest BCUT2D eigenvalue weighted by Crippen LogP contribution is 2.29. The van der Waals surface area contributed by atoms with Gasteiger partial charge >= 0.3 is 6.18 Å². The van der Waals surface area contributed by atoms with Gasteiger partial charge in [-0.2, -0.15) is 13.2 Å². The number of nitrogens with two attached hydrogens (primary N) is 1. The fourth-order valence-corrected chi connectivity index (χ4v) is 1.13. The minimum absolute atomic E-state index is 0.192. The van der Waals surface area contributed by atoms with Gasteiger partial charge in [0.05, 0.1) is 12.5 Å². The zero-order valence-electron chi connectivity index (χ0n) is 7.98. The van der Waals surface area contributed by atoms with Crippen LogP contribution >= 0.6 is 0 Å². The Hall–Kier alpha value is -0.970. The van der Waals surface area contributed by atoms with Crippen LogP contribution in [0.2, 0.25) is 0 Å². The van der Waals surface area contributed by atoms with Crippen molar-refractivity contribution in [2.45, 2.75) is 32.5 Å². The third-order valence-corrected chi connectivity index (χ3v) is 2.00. The lowest BCUT2D eigenvalue weighted by molar-refractivity contribution is -0.139. The van der Waals surface area contributed by atoms with E-state index in [9.17, 15) is 13.2 Å². The summed E-state index contributed by atoms with van der Waals surface area (Å²) in [5.41, 5.74) is 6.17. The monoisotopic (exact) mass is 207 g/mol. The molecule has 80 valence electrons. The molecule has 1 rings (SSSR count). The average molecular weight is 207 g/mol. The Morgan fingerprint density at radius 3 is 2.36 bits per heavy atom. The van der Waals surface area contributed by atoms with Crippen LogP contribution < -0.4 is 5.73 Å². The Bertz CT molecular complexity index is 297. The van der Waals surface area contributed by atoms with Gasteiger partial charge in [-0.1, -0.05) is 0 Å². The van der Waals surface area contributed by atoms with Crippen molar-refractivity contribution < 1.29 is 17.6 Å². The van der Waals surface area contributed by atoms with Crippen molar-refractivity contribution in [2.75, 3.05) is 0 Å². The number of furan rings is 1. The molecule has 0 saturated heterocycles. The summed E-state index contributed by atoms with van der Waals surface area (Å²) in [5.74, 6) is 0.801. The predicted molar refractivity (Wildman–Crippen MR) is 45.8 cm³/mol. The van der Waals surface area contributed by atoms with Crippen molar-refractivity contribution in [1.82, 2.24) is 0 Å². The molecule has 0 spiro atoms. The molecule has 0 aromatic carbocycles. The first-order valence-corrected chi connectivity index (χ1v) is 4.19. The van der Waals surface area contributed by atoms with Gasteiger partial charge in [0.1, 0.15) is 11.5 Å². The van der Waals surface area contributed by atoms with Crippen LogP contribution in [0.15, 0.2) is 10.5 Å². The van der Waals surface area contributed by atoms with Crippen LogP contribution in [0, 0.1) is 13.8 Å². The predicted octanol–water partition coefficient (Wildman–Crippen LogP) is 2.85. The van der Waals surface area contributed by atoms with Gasteiger partial charge < -0.3 is 10.2 Å². The highest BCUT2D eigenvalue weighted by Gasteiger charge is 2.32. The number of alkyl halides is 3. The molecular weight excluding hydrogens is 195 g/mol. The normalized spacial score (nSPS) is 14.4. The van der Waals surface area contributed by atoms with Crippen LogP contribution in [-0.2, 0) is 0 Å². The molecule has 5 heteroatoms. The van der Waals surface area contributed by atoms with Crippen molar-refractivity contribution in [3.8, 4) is 0 Å². The number of hydrogen-bond acceptors (Lipinski definition) is 2. The van der Waals surface area contributed by atoms with E-state index in [1.165, 1.54) is 0 Å². The van der Waals surface area contributed by atoms with Gasteiger partial charge in [0.15, 0.2) is 0 Å². The first-order chi connectivity index (χ1) is 6.29. The van der Waals surface area contributed by atoms with Gasteiger partial charge in [0, 0.05) is 0 Å². The summed E-state index contributed by atoms with van der Waals surface area (Å²) in [7, 11) is 0. The molecule has 0 saturated carbocycles. The quantitative estimate of drug-likeness (QED) is 0.809. The molecule has 1 heterocycles. The molecule has 0 aliphatic carbocycles. The van der Waals surface area contributed by atoms with Gasteiger partial charge in [-0.15, -0.1) is 0 Å². The first kappa shape index (κ1) is 11.1. The van der Waals surface area contributed by atoms with Crippen molar-refractivity contribution in [3.63, 3.8) is 0 Å². The van der Waals surface area contributed by atoms with E-state index in [2.05, 4.69) is 0 Å². The summed E-state index contributed by atoms with van der Waals surface area (Å²) < 4.78 is 41.0. The maximum absolute atomic E-state index is 12.0. The SMILES string of the molecule is Cc1cc([C@H](N)CC(F)(F)F)oc1C. The van der Waals surface area contributed by atoms with Crippen LogP contribution in [0.5, 0.6) is 0 Å². The molecule has 0 radical (unpaired) electrons. The fraction of sp³-hybridized carbons (Fsp3) is 0.556. The van der Waals surface area contributed by atoms with Crippen LogP contribution in [-0.4, -0.2) is 6.18 Å². The van der Waals surface area contributed by atoms with Gasteiger partial charge in [0.25, 0.3) is 0 Å². The molecule has 0 aliphatic heterocycles. The van der Waals surface area contributed by atoms with E-state index < -0.39 is 18.6 Å². The van der Waals surface area contributed by atoms with E-state index in [-0.39, 0.29) is 5.76 Å². The van der Waals surface area contributed by atoms with Crippen molar-refractivity contribution >= 4 is 0 Å². The summed E-state index contributed by atoms with van der Waals surface area (Å²) in [4.78, 5) is 0. The summed E-state index contributed by atoms with van der Waals surface area (Å²) >= 11 is 0. The molecule has 2 nitrogen and oxygen atoms in total. The molecule has 0 unspecified atom stereocenters. The lowest BCUT2D eigenvalue weighted by atomic mass is 10.1. The van der Waals surface area contributed by atoms with Crippen LogP contribution in [0.4, 0.5) is 13.2 Å². The standard InChI is InChI=1S/C9H12F3NO/c1-5-3-8(14-6(5)2)7(13)4-9(10,11)12/h3,7H,4,13H2,1-2H3/t7-/m1/s1. The largest absolute Gasteiger partial charge is 0.464 e. The second-order valence-electron chi connectivity index (χ2n) is 3.31. The number of halogens is 3. The molecule has 2 N–H and O–H groups in total. The van der Waals surface area contributed by atoms with Crippen molar-refractivity contribution in [1.29, 1.82) is 0 Å². The molecule has 0 aliphatic rings. The van der Waals surface area contributed by atoms with E-state index in [4.69, 9.17) is 10.2 Å². The summed E-state index contributed by atoms with van der Waals surface area (Å²) in [6, 6.07) is 0.438. The topological polar surface area (TPSA) is 39.2 Å². The van der Waals surface area contributed by atoms with E-state index >= 15 is 0 Å². The third-order valence-electron chi connectivity index (χ3n) is 2.00. The zero-order chi connectivity index (χ0) is 10.9. The molecule has 1 atom stereocenters. The lowest BCUT2D eigenvalue weighted by Gasteiger charge is -2.11. The van der Waals surface area contributed by atoms with Crippen LogP contribution in [0.25, 0.3) is 0 Å². The van der Waals surface area contributed by atoms with Gasteiger partial charge in [-0.05, 0) is 25.5 Å². The molecular formula is C9H12F3NO. The van der Waals surface area contributed by atoms with Crippen LogP contribution in [0.3, 0.4) is 0 Å².